The summed E-state index contributed by atoms with van der Waals surface area (Å²) >= 11 is 0. The third kappa shape index (κ3) is 3.48. The van der Waals surface area contributed by atoms with Crippen molar-refractivity contribution in [3.8, 4) is 0 Å². The monoisotopic (exact) mass is 293 g/mol. The molecule has 2 N–H and O–H groups in total. The Morgan fingerprint density at radius 1 is 1.42 bits per heavy atom. The molecule has 1 aliphatic rings. The second-order valence-corrected chi connectivity index (χ2v) is 5.96. The molecule has 3 nitrogen and oxygen atoms in total. The molecule has 0 radical (unpaired) electrons. The summed E-state index contributed by atoms with van der Waals surface area (Å²) < 4.78 is 54.7. The molecule has 7 heteroatoms. The fourth-order valence-corrected chi connectivity index (χ4v) is 3.36. The van der Waals surface area contributed by atoms with Gasteiger partial charge in [0.25, 0.3) is 0 Å². The van der Waals surface area contributed by atoms with Crippen LogP contribution in [0.5, 0.6) is 0 Å². The minimum absolute atomic E-state index is 0.0768. The molecule has 0 aromatic heterocycles. The van der Waals surface area contributed by atoms with Gasteiger partial charge < -0.3 is 10.5 Å². The predicted octanol–water partition coefficient (Wildman–Crippen LogP) is 2.43. The number of rotatable bonds is 3. The summed E-state index contributed by atoms with van der Waals surface area (Å²) in [7, 11) is -1.39. The smallest absolute Gasteiger partial charge is 0.398 e. The quantitative estimate of drug-likeness (QED) is 0.871. The van der Waals surface area contributed by atoms with Crippen LogP contribution in [0.3, 0.4) is 0 Å². The average molecular weight is 293 g/mol. The molecular weight excluding hydrogens is 279 g/mol. The van der Waals surface area contributed by atoms with Crippen LogP contribution in [0, 0.1) is 5.92 Å². The Bertz CT molecular complexity index is 484. The molecule has 0 aliphatic carbocycles. The molecule has 1 aromatic rings. The van der Waals surface area contributed by atoms with Crippen molar-refractivity contribution in [2.45, 2.75) is 17.5 Å². The van der Waals surface area contributed by atoms with Crippen LogP contribution in [0.4, 0.5) is 18.9 Å². The first-order valence-corrected chi connectivity index (χ1v) is 7.12. The number of hydrogen-bond acceptors (Lipinski definition) is 3. The summed E-state index contributed by atoms with van der Waals surface area (Å²) in [5, 5.41) is 0. The lowest BCUT2D eigenvalue weighted by Crippen LogP contribution is -2.13. The Kier molecular flexibility index (Phi) is 4.15. The number of hydrogen-bond donors (Lipinski definition) is 1. The molecule has 1 fully saturated rings. The van der Waals surface area contributed by atoms with Crippen LogP contribution in [0.15, 0.2) is 23.1 Å². The molecule has 0 spiro atoms. The second kappa shape index (κ2) is 5.50. The molecule has 0 amide bonds. The van der Waals surface area contributed by atoms with E-state index in [-0.39, 0.29) is 16.5 Å². The number of nitrogen functional groups attached to an aromatic ring is 1. The summed E-state index contributed by atoms with van der Waals surface area (Å²) in [4.78, 5) is 0.264. The van der Waals surface area contributed by atoms with Crippen molar-refractivity contribution < 1.29 is 22.1 Å². The predicted molar refractivity (Wildman–Crippen MR) is 66.1 cm³/mol. The van der Waals surface area contributed by atoms with Gasteiger partial charge in [0.2, 0.25) is 0 Å². The number of anilines is 1. The zero-order valence-corrected chi connectivity index (χ0v) is 10.9. The van der Waals surface area contributed by atoms with Crippen LogP contribution in [0.1, 0.15) is 12.0 Å². The normalized spacial score (nSPS) is 21.5. The van der Waals surface area contributed by atoms with Crippen LogP contribution in [-0.2, 0) is 21.7 Å². The van der Waals surface area contributed by atoms with Crippen molar-refractivity contribution in [1.82, 2.24) is 0 Å². The molecule has 1 saturated heterocycles. The SMILES string of the molecule is Nc1cc(C(F)(F)F)ccc1S(=O)CC1CCOC1. The van der Waals surface area contributed by atoms with Gasteiger partial charge in [-0.1, -0.05) is 0 Å². The molecule has 1 heterocycles. The maximum absolute atomic E-state index is 12.5. The van der Waals surface area contributed by atoms with Gasteiger partial charge in [-0.25, -0.2) is 0 Å². The number of nitrogens with two attached hydrogens (primary N) is 1. The summed E-state index contributed by atoms with van der Waals surface area (Å²) in [6, 6.07) is 2.94. The van der Waals surface area contributed by atoms with E-state index < -0.39 is 22.5 Å². The lowest BCUT2D eigenvalue weighted by atomic mass is 10.2. The van der Waals surface area contributed by atoms with E-state index in [0.29, 0.717) is 19.0 Å². The molecule has 19 heavy (non-hydrogen) atoms. The summed E-state index contributed by atoms with van der Waals surface area (Å²) in [5.41, 5.74) is 4.67. The summed E-state index contributed by atoms with van der Waals surface area (Å²) in [6.45, 7) is 1.19. The van der Waals surface area contributed by atoms with Crippen molar-refractivity contribution in [3.05, 3.63) is 23.8 Å². The van der Waals surface area contributed by atoms with E-state index in [0.717, 1.165) is 18.6 Å². The Morgan fingerprint density at radius 3 is 2.68 bits per heavy atom. The van der Waals surface area contributed by atoms with Gasteiger partial charge in [-0.05, 0) is 30.5 Å². The number of ether oxygens (including phenoxy) is 1. The van der Waals surface area contributed by atoms with E-state index in [9.17, 15) is 17.4 Å². The maximum Gasteiger partial charge on any atom is 0.416 e. The summed E-state index contributed by atoms with van der Waals surface area (Å²) in [6.07, 6.45) is -3.61. The molecule has 106 valence electrons. The number of alkyl halides is 3. The zero-order valence-electron chi connectivity index (χ0n) is 10.1. The largest absolute Gasteiger partial charge is 0.416 e. The molecule has 0 bridgehead atoms. The van der Waals surface area contributed by atoms with E-state index in [4.69, 9.17) is 10.5 Å². The Balaban J connectivity index is 2.14. The van der Waals surface area contributed by atoms with Crippen LogP contribution in [0.2, 0.25) is 0 Å². The van der Waals surface area contributed by atoms with Gasteiger partial charge in [-0.15, -0.1) is 0 Å². The highest BCUT2D eigenvalue weighted by atomic mass is 32.2. The minimum Gasteiger partial charge on any atom is -0.398 e. The lowest BCUT2D eigenvalue weighted by Gasteiger charge is -2.12. The second-order valence-electron chi connectivity index (χ2n) is 4.49. The van der Waals surface area contributed by atoms with Gasteiger partial charge in [0.05, 0.1) is 27.9 Å². The lowest BCUT2D eigenvalue weighted by molar-refractivity contribution is -0.137. The van der Waals surface area contributed by atoms with Crippen molar-refractivity contribution in [2.24, 2.45) is 5.92 Å². The van der Waals surface area contributed by atoms with Crippen LogP contribution >= 0.6 is 0 Å². The average Bonchev–Trinajstić information content (AvgIpc) is 2.80. The van der Waals surface area contributed by atoms with Crippen molar-refractivity contribution in [2.75, 3.05) is 24.7 Å². The molecule has 2 unspecified atom stereocenters. The van der Waals surface area contributed by atoms with E-state index >= 15 is 0 Å². The Labute approximate surface area is 111 Å². The van der Waals surface area contributed by atoms with Crippen LogP contribution < -0.4 is 5.73 Å². The standard InChI is InChI=1S/C12H14F3NO2S/c13-12(14,15)9-1-2-11(10(16)5-9)19(17)7-8-3-4-18-6-8/h1-2,5,8H,3-4,6-7,16H2. The third-order valence-electron chi connectivity index (χ3n) is 2.99. The highest BCUT2D eigenvalue weighted by Crippen LogP contribution is 2.32. The molecule has 1 aliphatic heterocycles. The highest BCUT2D eigenvalue weighted by Gasteiger charge is 2.31. The maximum atomic E-state index is 12.5. The third-order valence-corrected chi connectivity index (χ3v) is 4.63. The van der Waals surface area contributed by atoms with Crippen LogP contribution in [0.25, 0.3) is 0 Å². The molecular formula is C12H14F3NO2S. The zero-order chi connectivity index (χ0) is 14.0. The number of halogens is 3. The van der Waals surface area contributed by atoms with Crippen molar-refractivity contribution >= 4 is 16.5 Å². The van der Waals surface area contributed by atoms with Crippen LogP contribution in [-0.4, -0.2) is 23.2 Å². The van der Waals surface area contributed by atoms with Gasteiger partial charge in [-0.2, -0.15) is 13.2 Å². The first-order chi connectivity index (χ1) is 8.88. The van der Waals surface area contributed by atoms with Crippen molar-refractivity contribution in [3.63, 3.8) is 0 Å². The fourth-order valence-electron chi connectivity index (χ4n) is 1.95. The highest BCUT2D eigenvalue weighted by molar-refractivity contribution is 7.85. The van der Waals surface area contributed by atoms with E-state index in [2.05, 4.69) is 0 Å². The topological polar surface area (TPSA) is 52.3 Å². The molecule has 2 atom stereocenters. The Morgan fingerprint density at radius 2 is 2.16 bits per heavy atom. The van der Waals surface area contributed by atoms with Gasteiger partial charge in [0.1, 0.15) is 0 Å². The van der Waals surface area contributed by atoms with Gasteiger partial charge in [0, 0.05) is 18.0 Å². The van der Waals surface area contributed by atoms with Gasteiger partial charge >= 0.3 is 6.18 Å². The number of benzene rings is 1. The fraction of sp³-hybridized carbons (Fsp3) is 0.500. The van der Waals surface area contributed by atoms with Gasteiger partial charge in [-0.3, -0.25) is 4.21 Å². The summed E-state index contributed by atoms with van der Waals surface area (Å²) in [5.74, 6) is 0.553. The van der Waals surface area contributed by atoms with Crippen molar-refractivity contribution in [1.29, 1.82) is 0 Å². The van der Waals surface area contributed by atoms with E-state index in [1.54, 1.807) is 0 Å². The minimum atomic E-state index is -4.44. The molecule has 1 aromatic carbocycles. The van der Waals surface area contributed by atoms with E-state index in [1.165, 1.54) is 6.07 Å². The molecule has 0 saturated carbocycles. The first-order valence-electron chi connectivity index (χ1n) is 5.81. The first kappa shape index (κ1) is 14.3. The van der Waals surface area contributed by atoms with E-state index in [1.807, 2.05) is 0 Å². The van der Waals surface area contributed by atoms with Gasteiger partial charge in [0.15, 0.2) is 0 Å². The molecule has 2 rings (SSSR count). The Hall–Kier alpha value is -1.08.